The number of carbonyl (C=O) groups is 1. The van der Waals surface area contributed by atoms with Crippen LogP contribution in [0, 0.1) is 12.7 Å². The Morgan fingerprint density at radius 3 is 2.59 bits per heavy atom. The van der Waals surface area contributed by atoms with Crippen molar-refractivity contribution in [3.8, 4) is 5.75 Å². The third-order valence-electron chi connectivity index (χ3n) is 5.23. The van der Waals surface area contributed by atoms with E-state index < -0.39 is 6.10 Å². The summed E-state index contributed by atoms with van der Waals surface area (Å²) >= 11 is 0. The molecule has 1 saturated heterocycles. The minimum Gasteiger partial charge on any atom is -0.478 e. The summed E-state index contributed by atoms with van der Waals surface area (Å²) in [7, 11) is 0. The molecular formula is C21H24FN3O2. The van der Waals surface area contributed by atoms with Gasteiger partial charge in [-0.2, -0.15) is 0 Å². The molecule has 1 N–H and O–H groups in total. The molecule has 5 nitrogen and oxygen atoms in total. The number of aryl methyl sites for hydroxylation is 1. The van der Waals surface area contributed by atoms with Crippen LogP contribution in [0.2, 0.25) is 0 Å². The number of fused-ring (bicyclic) bond motifs is 1. The van der Waals surface area contributed by atoms with Crippen LogP contribution in [0.4, 0.5) is 15.8 Å². The van der Waals surface area contributed by atoms with Gasteiger partial charge in [0.2, 0.25) is 0 Å². The second-order valence-electron chi connectivity index (χ2n) is 7.19. The summed E-state index contributed by atoms with van der Waals surface area (Å²) < 4.78 is 19.0. The van der Waals surface area contributed by atoms with E-state index in [1.165, 1.54) is 12.1 Å². The normalized spacial score (nSPS) is 20.0. The van der Waals surface area contributed by atoms with E-state index in [0.29, 0.717) is 6.42 Å². The number of carbonyl (C=O) groups excluding carboxylic acids is 1. The SMILES string of the molecule is Cc1ccc2c(c1)NC(=O)C(CCN1CCN(c3ccc(F)cc3)CC1)O2. The van der Waals surface area contributed by atoms with Crippen molar-refractivity contribution in [2.45, 2.75) is 19.4 Å². The highest BCUT2D eigenvalue weighted by Crippen LogP contribution is 2.31. The van der Waals surface area contributed by atoms with Gasteiger partial charge in [-0.1, -0.05) is 6.07 Å². The molecule has 0 spiro atoms. The standard InChI is InChI=1S/C21H24FN3O2/c1-15-2-7-19-18(14-15)23-21(26)20(27-19)8-9-24-10-12-25(13-11-24)17-5-3-16(22)4-6-17/h2-7,14,20H,8-13H2,1H3,(H,23,26). The molecule has 2 aliphatic rings. The first-order valence-electron chi connectivity index (χ1n) is 9.39. The summed E-state index contributed by atoms with van der Waals surface area (Å²) in [5.41, 5.74) is 2.90. The third kappa shape index (κ3) is 4.06. The lowest BCUT2D eigenvalue weighted by molar-refractivity contribution is -0.124. The minimum atomic E-state index is -0.449. The number of amides is 1. The van der Waals surface area contributed by atoms with E-state index in [0.717, 1.165) is 55.4 Å². The molecule has 0 aromatic heterocycles. The molecule has 1 atom stereocenters. The van der Waals surface area contributed by atoms with Crippen LogP contribution in [0.5, 0.6) is 5.75 Å². The Labute approximate surface area is 158 Å². The molecule has 2 aromatic rings. The van der Waals surface area contributed by atoms with E-state index in [-0.39, 0.29) is 11.7 Å². The lowest BCUT2D eigenvalue weighted by atomic mass is 10.1. The molecule has 1 amide bonds. The van der Waals surface area contributed by atoms with Gasteiger partial charge in [-0.15, -0.1) is 0 Å². The van der Waals surface area contributed by atoms with Crippen LogP contribution < -0.4 is 15.0 Å². The van der Waals surface area contributed by atoms with Crippen molar-refractivity contribution in [1.29, 1.82) is 0 Å². The maximum Gasteiger partial charge on any atom is 0.265 e. The number of halogens is 1. The summed E-state index contributed by atoms with van der Waals surface area (Å²) in [6, 6.07) is 12.5. The first kappa shape index (κ1) is 17.8. The van der Waals surface area contributed by atoms with Gasteiger partial charge in [0, 0.05) is 44.8 Å². The van der Waals surface area contributed by atoms with Gasteiger partial charge >= 0.3 is 0 Å². The van der Waals surface area contributed by atoms with E-state index in [9.17, 15) is 9.18 Å². The number of piperazine rings is 1. The van der Waals surface area contributed by atoms with Gasteiger partial charge in [0.1, 0.15) is 11.6 Å². The van der Waals surface area contributed by atoms with Crippen LogP contribution >= 0.6 is 0 Å². The first-order chi connectivity index (χ1) is 13.1. The largest absolute Gasteiger partial charge is 0.478 e. The maximum atomic E-state index is 13.1. The quantitative estimate of drug-likeness (QED) is 0.900. The number of rotatable bonds is 4. The van der Waals surface area contributed by atoms with Crippen LogP contribution in [-0.4, -0.2) is 49.6 Å². The van der Waals surface area contributed by atoms with Gasteiger partial charge in [0.25, 0.3) is 5.91 Å². The van der Waals surface area contributed by atoms with E-state index in [4.69, 9.17) is 4.74 Å². The lowest BCUT2D eigenvalue weighted by Crippen LogP contribution is -2.48. The zero-order chi connectivity index (χ0) is 18.8. The van der Waals surface area contributed by atoms with Crippen LogP contribution in [0.15, 0.2) is 42.5 Å². The smallest absolute Gasteiger partial charge is 0.265 e. The Morgan fingerprint density at radius 1 is 1.11 bits per heavy atom. The molecule has 4 rings (SSSR count). The molecule has 2 aromatic carbocycles. The first-order valence-corrected chi connectivity index (χ1v) is 9.39. The fourth-order valence-electron chi connectivity index (χ4n) is 3.64. The number of anilines is 2. The van der Waals surface area contributed by atoms with Crippen molar-refractivity contribution in [3.63, 3.8) is 0 Å². The van der Waals surface area contributed by atoms with Crippen molar-refractivity contribution >= 4 is 17.3 Å². The topological polar surface area (TPSA) is 44.8 Å². The Kier molecular flexibility index (Phi) is 4.99. The lowest BCUT2D eigenvalue weighted by Gasteiger charge is -2.36. The van der Waals surface area contributed by atoms with Gasteiger partial charge in [-0.05, 0) is 48.9 Å². The van der Waals surface area contributed by atoms with Gasteiger partial charge in [-0.3, -0.25) is 9.69 Å². The van der Waals surface area contributed by atoms with Crippen molar-refractivity contribution in [2.24, 2.45) is 0 Å². The molecule has 142 valence electrons. The molecule has 0 bridgehead atoms. The Bertz CT molecular complexity index is 817. The number of nitrogens with zero attached hydrogens (tertiary/aromatic N) is 2. The number of ether oxygens (including phenoxy) is 1. The molecule has 27 heavy (non-hydrogen) atoms. The highest BCUT2D eigenvalue weighted by Gasteiger charge is 2.28. The second-order valence-corrected chi connectivity index (χ2v) is 7.19. The molecule has 0 radical (unpaired) electrons. The van der Waals surface area contributed by atoms with Gasteiger partial charge in [0.05, 0.1) is 5.69 Å². The summed E-state index contributed by atoms with van der Waals surface area (Å²) in [6.07, 6.45) is 0.214. The fourth-order valence-corrected chi connectivity index (χ4v) is 3.64. The summed E-state index contributed by atoms with van der Waals surface area (Å²) in [4.78, 5) is 16.9. The summed E-state index contributed by atoms with van der Waals surface area (Å²) in [6.45, 7) is 6.43. The van der Waals surface area contributed by atoms with E-state index in [2.05, 4.69) is 15.1 Å². The number of nitrogens with one attached hydrogen (secondary N) is 1. The van der Waals surface area contributed by atoms with Gasteiger partial charge in [-0.25, -0.2) is 4.39 Å². The van der Waals surface area contributed by atoms with Crippen LogP contribution in [0.3, 0.4) is 0 Å². The Hall–Kier alpha value is -2.60. The molecule has 2 heterocycles. The molecule has 2 aliphatic heterocycles. The third-order valence-corrected chi connectivity index (χ3v) is 5.23. The predicted molar refractivity (Wildman–Crippen MR) is 104 cm³/mol. The average Bonchev–Trinajstić information content (AvgIpc) is 2.67. The second kappa shape index (κ2) is 7.56. The molecular weight excluding hydrogens is 345 g/mol. The Morgan fingerprint density at radius 2 is 1.85 bits per heavy atom. The number of benzene rings is 2. The molecule has 0 saturated carbocycles. The van der Waals surface area contributed by atoms with E-state index in [1.807, 2.05) is 37.3 Å². The van der Waals surface area contributed by atoms with Crippen LogP contribution in [0.1, 0.15) is 12.0 Å². The molecule has 1 fully saturated rings. The van der Waals surface area contributed by atoms with Crippen molar-refractivity contribution < 1.29 is 13.9 Å². The predicted octanol–water partition coefficient (Wildman–Crippen LogP) is 3.05. The van der Waals surface area contributed by atoms with E-state index in [1.54, 1.807) is 0 Å². The van der Waals surface area contributed by atoms with Crippen LogP contribution in [0.25, 0.3) is 0 Å². The van der Waals surface area contributed by atoms with Crippen LogP contribution in [-0.2, 0) is 4.79 Å². The Balaban J connectivity index is 1.28. The minimum absolute atomic E-state index is 0.0713. The van der Waals surface area contributed by atoms with Gasteiger partial charge < -0.3 is 15.0 Å². The van der Waals surface area contributed by atoms with Gasteiger partial charge in [0.15, 0.2) is 6.10 Å². The zero-order valence-electron chi connectivity index (χ0n) is 15.5. The average molecular weight is 369 g/mol. The molecule has 1 unspecified atom stereocenters. The summed E-state index contributed by atoms with van der Waals surface area (Å²) in [5.74, 6) is 0.462. The highest BCUT2D eigenvalue weighted by atomic mass is 19.1. The van der Waals surface area contributed by atoms with Crippen molar-refractivity contribution in [3.05, 3.63) is 53.8 Å². The number of hydrogen-bond acceptors (Lipinski definition) is 4. The monoisotopic (exact) mass is 369 g/mol. The van der Waals surface area contributed by atoms with E-state index >= 15 is 0 Å². The van der Waals surface area contributed by atoms with Crippen molar-refractivity contribution in [2.75, 3.05) is 42.9 Å². The number of hydrogen-bond donors (Lipinski definition) is 1. The maximum absolute atomic E-state index is 13.1. The summed E-state index contributed by atoms with van der Waals surface area (Å²) in [5, 5.41) is 2.95. The molecule has 0 aliphatic carbocycles. The zero-order valence-corrected chi connectivity index (χ0v) is 15.5. The fraction of sp³-hybridized carbons (Fsp3) is 0.381. The highest BCUT2D eigenvalue weighted by molar-refractivity contribution is 5.97. The molecule has 6 heteroatoms. The van der Waals surface area contributed by atoms with Crippen molar-refractivity contribution in [1.82, 2.24) is 4.90 Å².